The second kappa shape index (κ2) is 28.9. The van der Waals surface area contributed by atoms with Gasteiger partial charge in [0.2, 0.25) is 23.6 Å². The number of thiazole rings is 2. The van der Waals surface area contributed by atoms with Crippen LogP contribution in [0.25, 0.3) is 21.6 Å². The second-order valence-corrected chi connectivity index (χ2v) is 22.1. The summed E-state index contributed by atoms with van der Waals surface area (Å²) in [6, 6.07) is 29.4. The van der Waals surface area contributed by atoms with Gasteiger partial charge in [-0.25, -0.2) is 9.97 Å². The third-order valence-electron chi connectivity index (χ3n) is 14.9. The van der Waals surface area contributed by atoms with Crippen molar-refractivity contribution in [3.63, 3.8) is 0 Å². The molecule has 2 aromatic heterocycles. The van der Waals surface area contributed by atoms with Crippen molar-refractivity contribution in [2.75, 3.05) is 82.6 Å². The van der Waals surface area contributed by atoms with Gasteiger partial charge in [-0.2, -0.15) is 0 Å². The van der Waals surface area contributed by atoms with E-state index < -0.39 is 18.1 Å². The van der Waals surface area contributed by atoms with E-state index in [4.69, 9.17) is 14.2 Å². The molecule has 0 spiro atoms. The van der Waals surface area contributed by atoms with E-state index in [1.165, 1.54) is 11.3 Å². The van der Waals surface area contributed by atoms with Crippen LogP contribution >= 0.6 is 22.7 Å². The largest absolute Gasteiger partial charge is 0.379 e. The van der Waals surface area contributed by atoms with Gasteiger partial charge in [0.15, 0.2) is 5.13 Å². The van der Waals surface area contributed by atoms with Crippen molar-refractivity contribution in [3.05, 3.63) is 142 Å². The Bertz CT molecular complexity index is 3060. The van der Waals surface area contributed by atoms with Gasteiger partial charge in [-0.3, -0.25) is 34.1 Å². The molecule has 2 fully saturated rings. The highest BCUT2D eigenvalue weighted by Gasteiger charge is 2.39. The Hall–Kier alpha value is -7.36. The zero-order valence-corrected chi connectivity index (χ0v) is 47.7. The van der Waals surface area contributed by atoms with Crippen molar-refractivity contribution >= 4 is 68.9 Å². The lowest BCUT2D eigenvalue weighted by molar-refractivity contribution is -0.141. The number of likely N-dealkylation sites (tertiary alicyclic amines) is 1. The molecule has 5 heterocycles. The predicted octanol–water partition coefficient (Wildman–Crippen LogP) is 8.04. The van der Waals surface area contributed by atoms with Crippen molar-refractivity contribution in [1.82, 2.24) is 35.3 Å². The fourth-order valence-corrected chi connectivity index (χ4v) is 11.8. The van der Waals surface area contributed by atoms with E-state index in [0.29, 0.717) is 95.6 Å². The standard InChI is InChI=1S/C61H71N9O9S2/c1-3-4-11-51(60(76)69-26-8-12-52(69)57(73)63-39-43-13-15-46(16-14-43)56-42(2)64-41-81-56)65-53(71)23-31-77-33-35-79-36-34-78-32-24-54(72)68-29-27-67(28-30-68)49-21-19-44(20-22-49)47-17-18-48-40-70(59(75)50(48)38-47)55(45-9-6-5-7-10-45)58(74)66-61-62-25-37-80-61/h5-7,9-10,13-22,25,37-38,41,51-52,55H,3-4,8,11-12,23-24,26-36,39-40H2,1-2H3,(H,63,73)(H,65,71)(H,62,66,74). The highest BCUT2D eigenvalue weighted by molar-refractivity contribution is 7.14. The summed E-state index contributed by atoms with van der Waals surface area (Å²) in [6.45, 7) is 9.45. The molecule has 3 atom stereocenters. The van der Waals surface area contributed by atoms with Gasteiger partial charge in [0.25, 0.3) is 11.8 Å². The maximum atomic E-state index is 14.0. The number of ether oxygens (including phenoxy) is 3. The van der Waals surface area contributed by atoms with Crippen LogP contribution in [0.3, 0.4) is 0 Å². The van der Waals surface area contributed by atoms with Gasteiger partial charge < -0.3 is 44.4 Å². The molecular weight excluding hydrogens is 1070 g/mol. The van der Waals surface area contributed by atoms with Crippen molar-refractivity contribution in [3.8, 4) is 21.6 Å². The van der Waals surface area contributed by atoms with E-state index in [0.717, 1.165) is 62.5 Å². The van der Waals surface area contributed by atoms with Crippen LogP contribution in [-0.4, -0.2) is 145 Å². The zero-order valence-electron chi connectivity index (χ0n) is 46.0. The summed E-state index contributed by atoms with van der Waals surface area (Å²) in [4.78, 5) is 98.0. The Morgan fingerprint density at radius 1 is 0.765 bits per heavy atom. The minimum Gasteiger partial charge on any atom is -0.379 e. The molecule has 18 nitrogen and oxygen atoms in total. The topological polar surface area (TPSA) is 205 Å². The SMILES string of the molecule is CCCCC(NC(=O)CCOCCOCCOCCC(=O)N1CCN(c2ccc(-c3ccc4c(c3)C(=O)N(C(C(=O)Nc3nccs3)c3ccccc3)C4)cc2)CC1)C(=O)N1CCCC1C(=O)NCc1ccc(-c2scnc2C)cc1. The van der Waals surface area contributed by atoms with Gasteiger partial charge >= 0.3 is 0 Å². The molecule has 6 aromatic rings. The molecule has 20 heteroatoms. The van der Waals surface area contributed by atoms with E-state index in [9.17, 15) is 28.8 Å². The molecule has 4 aromatic carbocycles. The number of anilines is 2. The number of amides is 6. The number of hydrogen-bond donors (Lipinski definition) is 3. The average molecular weight is 1140 g/mol. The third-order valence-corrected chi connectivity index (χ3v) is 16.6. The first kappa shape index (κ1) is 58.3. The minimum absolute atomic E-state index is 0.0455. The average Bonchev–Trinajstić information content (AvgIpc) is 4.47. The van der Waals surface area contributed by atoms with Crippen LogP contribution in [0.15, 0.2) is 114 Å². The van der Waals surface area contributed by atoms with Crippen molar-refractivity contribution in [1.29, 1.82) is 0 Å². The third kappa shape index (κ3) is 15.4. The Labute approximate surface area is 481 Å². The number of piperazine rings is 1. The first-order valence-electron chi connectivity index (χ1n) is 28.0. The lowest BCUT2D eigenvalue weighted by Crippen LogP contribution is -2.53. The lowest BCUT2D eigenvalue weighted by Gasteiger charge is -2.36. The normalized spacial score (nSPS) is 15.8. The van der Waals surface area contributed by atoms with Crippen molar-refractivity contribution in [2.24, 2.45) is 0 Å². The number of fused-ring (bicyclic) bond motifs is 1. The van der Waals surface area contributed by atoms with Crippen LogP contribution in [0.5, 0.6) is 0 Å². The van der Waals surface area contributed by atoms with Crippen LogP contribution in [0.2, 0.25) is 0 Å². The van der Waals surface area contributed by atoms with E-state index in [2.05, 4.69) is 55.1 Å². The summed E-state index contributed by atoms with van der Waals surface area (Å²) in [7, 11) is 0. The molecule has 0 saturated carbocycles. The van der Waals surface area contributed by atoms with Crippen LogP contribution in [0.1, 0.15) is 90.7 Å². The summed E-state index contributed by atoms with van der Waals surface area (Å²) in [5.74, 6) is -1.18. The number of benzene rings is 4. The summed E-state index contributed by atoms with van der Waals surface area (Å²) < 4.78 is 17.0. The van der Waals surface area contributed by atoms with Crippen LogP contribution in [-0.2, 0) is 51.3 Å². The molecule has 0 radical (unpaired) electrons. The van der Waals surface area contributed by atoms with Gasteiger partial charge in [-0.1, -0.05) is 98.6 Å². The van der Waals surface area contributed by atoms with E-state index in [1.54, 1.807) is 32.7 Å². The number of nitrogens with one attached hydrogen (secondary N) is 3. The number of nitrogens with zero attached hydrogens (tertiary/aromatic N) is 6. The molecule has 6 amide bonds. The summed E-state index contributed by atoms with van der Waals surface area (Å²) in [5.41, 5.74) is 9.96. The van der Waals surface area contributed by atoms with Gasteiger partial charge in [-0.05, 0) is 77.8 Å². The molecule has 9 rings (SSSR count). The predicted molar refractivity (Wildman–Crippen MR) is 312 cm³/mol. The fraction of sp³-hybridized carbons (Fsp3) is 0.410. The summed E-state index contributed by atoms with van der Waals surface area (Å²) in [6.07, 6.45) is 5.38. The fourth-order valence-electron chi connectivity index (χ4n) is 10.5. The summed E-state index contributed by atoms with van der Waals surface area (Å²) >= 11 is 2.92. The van der Waals surface area contributed by atoms with Crippen molar-refractivity contribution < 1.29 is 43.0 Å². The molecule has 0 aliphatic carbocycles. The van der Waals surface area contributed by atoms with E-state index in [1.807, 2.05) is 97.1 Å². The van der Waals surface area contributed by atoms with Crippen LogP contribution < -0.4 is 20.9 Å². The molecule has 426 valence electrons. The number of carbonyl (C=O) groups is 6. The highest BCUT2D eigenvalue weighted by atomic mass is 32.1. The quantitative estimate of drug-likeness (QED) is 0.0420. The second-order valence-electron chi connectivity index (χ2n) is 20.3. The van der Waals surface area contributed by atoms with Crippen LogP contribution in [0, 0.1) is 6.92 Å². The van der Waals surface area contributed by atoms with Gasteiger partial charge in [0, 0.05) is 75.1 Å². The number of hydrogen-bond acceptors (Lipinski definition) is 14. The molecule has 0 bridgehead atoms. The van der Waals surface area contributed by atoms with Gasteiger partial charge in [0.05, 0.1) is 62.1 Å². The molecule has 3 unspecified atom stereocenters. The van der Waals surface area contributed by atoms with E-state index in [-0.39, 0.29) is 68.1 Å². The minimum atomic E-state index is -0.826. The zero-order chi connectivity index (χ0) is 56.5. The molecule has 3 aliphatic rings. The lowest BCUT2D eigenvalue weighted by atomic mass is 10.00. The first-order chi connectivity index (χ1) is 39.5. The Morgan fingerprint density at radius 3 is 2.16 bits per heavy atom. The number of aromatic nitrogens is 2. The van der Waals surface area contributed by atoms with E-state index >= 15 is 0 Å². The molecule has 3 aliphatic heterocycles. The maximum absolute atomic E-state index is 14.0. The number of rotatable bonds is 27. The molecule has 3 N–H and O–H groups in total. The van der Waals surface area contributed by atoms with Gasteiger partial charge in [-0.15, -0.1) is 22.7 Å². The molecular formula is C61H71N9O9S2. The maximum Gasteiger partial charge on any atom is 0.255 e. The Morgan fingerprint density at radius 2 is 1.47 bits per heavy atom. The molecule has 81 heavy (non-hydrogen) atoms. The molecule has 2 saturated heterocycles. The number of aryl methyl sites for hydroxylation is 1. The monoisotopic (exact) mass is 1140 g/mol. The number of unbranched alkanes of at least 4 members (excludes halogenated alkanes) is 1. The highest BCUT2D eigenvalue weighted by Crippen LogP contribution is 2.36. The van der Waals surface area contributed by atoms with Crippen molar-refractivity contribution in [2.45, 2.75) is 90.0 Å². The Kier molecular flexibility index (Phi) is 20.8. The summed E-state index contributed by atoms with van der Waals surface area (Å²) in [5, 5.41) is 11.1. The smallest absolute Gasteiger partial charge is 0.255 e. The Balaban J connectivity index is 0.620. The van der Waals surface area contributed by atoms with Crippen LogP contribution in [0.4, 0.5) is 10.8 Å². The first-order valence-corrected chi connectivity index (χ1v) is 29.7. The number of carbonyl (C=O) groups excluding carboxylic acids is 6. The van der Waals surface area contributed by atoms with Gasteiger partial charge in [0.1, 0.15) is 18.1 Å².